The van der Waals surface area contributed by atoms with Crippen LogP contribution in [0.2, 0.25) is 0 Å². The highest BCUT2D eigenvalue weighted by Crippen LogP contribution is 2.60. The summed E-state index contributed by atoms with van der Waals surface area (Å²) in [6.45, 7) is 1.29. The first kappa shape index (κ1) is 14.3. The monoisotopic (exact) mass is 328 g/mol. The average molecular weight is 328 g/mol. The van der Waals surface area contributed by atoms with Gasteiger partial charge in [-0.05, 0) is 30.4 Å². The summed E-state index contributed by atoms with van der Waals surface area (Å²) in [5, 5.41) is 0.0499. The van der Waals surface area contributed by atoms with E-state index in [0.717, 1.165) is 6.42 Å². The summed E-state index contributed by atoms with van der Waals surface area (Å²) in [4.78, 5) is 14.0. The van der Waals surface area contributed by atoms with E-state index in [4.69, 9.17) is 9.47 Å². The molecule has 0 aromatic heterocycles. The lowest BCUT2D eigenvalue weighted by Gasteiger charge is -2.48. The second-order valence-corrected chi connectivity index (χ2v) is 8.28. The summed E-state index contributed by atoms with van der Waals surface area (Å²) in [5.41, 5.74) is 0. The van der Waals surface area contributed by atoms with Gasteiger partial charge in [0.05, 0.1) is 18.5 Å². The van der Waals surface area contributed by atoms with Crippen LogP contribution in [0.5, 0.6) is 0 Å². The Morgan fingerprint density at radius 3 is 2.57 bits per heavy atom. The highest BCUT2D eigenvalue weighted by molar-refractivity contribution is 8.00. The van der Waals surface area contributed by atoms with Crippen molar-refractivity contribution in [2.75, 3.05) is 13.2 Å². The van der Waals surface area contributed by atoms with E-state index in [9.17, 15) is 4.79 Å². The fourth-order valence-corrected chi connectivity index (χ4v) is 6.44. The molecule has 1 saturated heterocycles. The molecule has 1 aliphatic heterocycles. The van der Waals surface area contributed by atoms with Crippen molar-refractivity contribution < 1.29 is 14.3 Å². The van der Waals surface area contributed by atoms with Gasteiger partial charge in [0, 0.05) is 23.2 Å². The third-order valence-electron chi connectivity index (χ3n) is 5.89. The van der Waals surface area contributed by atoms with Gasteiger partial charge in [-0.1, -0.05) is 30.4 Å². The van der Waals surface area contributed by atoms with Crippen molar-refractivity contribution in [1.29, 1.82) is 0 Å². The predicted octanol–water partition coefficient (Wildman–Crippen LogP) is 3.30. The Labute approximate surface area is 140 Å². The Kier molecular flexibility index (Phi) is 3.22. The van der Waals surface area contributed by atoms with Crippen LogP contribution in [0.1, 0.15) is 12.8 Å². The molecule has 1 aromatic carbocycles. The van der Waals surface area contributed by atoms with Gasteiger partial charge >= 0.3 is 0 Å². The fourth-order valence-electron chi connectivity index (χ4n) is 5.10. The van der Waals surface area contributed by atoms with Gasteiger partial charge in [0.2, 0.25) is 0 Å². The molecule has 1 spiro atoms. The summed E-state index contributed by atoms with van der Waals surface area (Å²) in [5.74, 6) is 0.975. The standard InChI is InChI=1S/C19H20O3S/c20-15-11-16(23-14-4-2-1-3-5-14)19(21-8-9-22-19)18-13-7-6-12(10-13)17(15)18/h1-7,12-13,16-18H,8-11H2/t12-,13+,16-,17+,18+/m1/s1. The Bertz CT molecular complexity index is 650. The van der Waals surface area contributed by atoms with E-state index in [-0.39, 0.29) is 17.1 Å². The van der Waals surface area contributed by atoms with Crippen molar-refractivity contribution in [3.8, 4) is 0 Å². The first-order chi connectivity index (χ1) is 11.3. The highest BCUT2D eigenvalue weighted by Gasteiger charge is 2.65. The second kappa shape index (κ2) is 5.20. The number of Topliss-reactive ketones (excluding diaryl/α,β-unsaturated/α-hetero) is 1. The maximum atomic E-state index is 12.8. The van der Waals surface area contributed by atoms with Crippen LogP contribution in [0.15, 0.2) is 47.4 Å². The van der Waals surface area contributed by atoms with Crippen LogP contribution in [0.4, 0.5) is 0 Å². The van der Waals surface area contributed by atoms with Gasteiger partial charge in [-0.15, -0.1) is 11.8 Å². The molecule has 4 heteroatoms. The van der Waals surface area contributed by atoms with Gasteiger partial charge in [-0.3, -0.25) is 4.79 Å². The minimum atomic E-state index is -0.580. The van der Waals surface area contributed by atoms with Crippen molar-refractivity contribution in [3.63, 3.8) is 0 Å². The molecule has 2 saturated carbocycles. The molecule has 5 rings (SSSR count). The van der Waals surface area contributed by atoms with E-state index >= 15 is 0 Å². The molecule has 1 aromatic rings. The van der Waals surface area contributed by atoms with Gasteiger partial charge in [0.1, 0.15) is 5.78 Å². The van der Waals surface area contributed by atoms with Crippen LogP contribution in [-0.2, 0) is 14.3 Å². The SMILES string of the molecule is O=C1C[C@@H](Sc2ccccc2)C2(OCCO2)[C@@H]2[C@H]1[C@@H]1C=C[C@H]2C1. The normalized spacial score (nSPS) is 40.0. The number of ketones is 1. The maximum absolute atomic E-state index is 12.8. The predicted molar refractivity (Wildman–Crippen MR) is 88.1 cm³/mol. The van der Waals surface area contributed by atoms with E-state index in [2.05, 4.69) is 24.3 Å². The minimum absolute atomic E-state index is 0.0499. The molecular formula is C19H20O3S. The van der Waals surface area contributed by atoms with Crippen molar-refractivity contribution in [3.05, 3.63) is 42.5 Å². The molecule has 4 aliphatic rings. The van der Waals surface area contributed by atoms with Crippen LogP contribution in [0.3, 0.4) is 0 Å². The molecule has 1 heterocycles. The number of allylic oxidation sites excluding steroid dienone is 2. The molecule has 0 radical (unpaired) electrons. The van der Waals surface area contributed by atoms with Gasteiger partial charge in [0.15, 0.2) is 5.79 Å². The Morgan fingerprint density at radius 2 is 1.78 bits per heavy atom. The van der Waals surface area contributed by atoms with Crippen molar-refractivity contribution in [2.24, 2.45) is 23.7 Å². The molecule has 2 bridgehead atoms. The molecule has 0 N–H and O–H groups in total. The molecular weight excluding hydrogens is 308 g/mol. The van der Waals surface area contributed by atoms with Crippen LogP contribution in [0.25, 0.3) is 0 Å². The summed E-state index contributed by atoms with van der Waals surface area (Å²) in [7, 11) is 0. The number of thioether (sulfide) groups is 1. The molecule has 3 nitrogen and oxygen atoms in total. The number of fused-ring (bicyclic) bond motifs is 6. The molecule has 23 heavy (non-hydrogen) atoms. The third-order valence-corrected chi connectivity index (χ3v) is 7.22. The zero-order chi connectivity index (χ0) is 15.4. The highest BCUT2D eigenvalue weighted by atomic mass is 32.2. The van der Waals surface area contributed by atoms with Gasteiger partial charge in [-0.2, -0.15) is 0 Å². The van der Waals surface area contributed by atoms with Crippen LogP contribution in [0, 0.1) is 23.7 Å². The summed E-state index contributed by atoms with van der Waals surface area (Å²) >= 11 is 1.75. The van der Waals surface area contributed by atoms with E-state index < -0.39 is 5.79 Å². The lowest BCUT2D eigenvalue weighted by Crippen LogP contribution is -2.58. The lowest BCUT2D eigenvalue weighted by atomic mass is 9.68. The number of hydrogen-bond acceptors (Lipinski definition) is 4. The number of carbonyl (C=O) groups excluding carboxylic acids is 1. The summed E-state index contributed by atoms with van der Waals surface area (Å²) in [6.07, 6.45) is 6.19. The maximum Gasteiger partial charge on any atom is 0.185 e. The molecule has 3 fully saturated rings. The fraction of sp³-hybridized carbons (Fsp3) is 0.526. The van der Waals surface area contributed by atoms with Gasteiger partial charge in [-0.25, -0.2) is 0 Å². The van der Waals surface area contributed by atoms with Gasteiger partial charge in [0.25, 0.3) is 0 Å². The Morgan fingerprint density at radius 1 is 1.04 bits per heavy atom. The first-order valence-corrected chi connectivity index (χ1v) is 9.36. The summed E-state index contributed by atoms with van der Waals surface area (Å²) in [6, 6.07) is 10.3. The second-order valence-electron chi connectivity index (χ2n) is 7.01. The Balaban J connectivity index is 1.53. The van der Waals surface area contributed by atoms with Crippen LogP contribution < -0.4 is 0 Å². The topological polar surface area (TPSA) is 35.5 Å². The number of hydrogen-bond donors (Lipinski definition) is 0. The van der Waals surface area contributed by atoms with E-state index in [1.54, 1.807) is 11.8 Å². The number of carbonyl (C=O) groups is 1. The largest absolute Gasteiger partial charge is 0.346 e. The molecule has 120 valence electrons. The quantitative estimate of drug-likeness (QED) is 0.781. The number of rotatable bonds is 2. The van der Waals surface area contributed by atoms with Crippen molar-refractivity contribution in [2.45, 2.75) is 28.8 Å². The molecule has 5 atom stereocenters. The zero-order valence-corrected chi connectivity index (χ0v) is 13.7. The van der Waals surface area contributed by atoms with Crippen LogP contribution >= 0.6 is 11.8 Å². The number of ether oxygens (including phenoxy) is 2. The molecule has 3 aliphatic carbocycles. The minimum Gasteiger partial charge on any atom is -0.346 e. The van der Waals surface area contributed by atoms with E-state index in [1.165, 1.54) is 4.90 Å². The van der Waals surface area contributed by atoms with Gasteiger partial charge < -0.3 is 9.47 Å². The smallest absolute Gasteiger partial charge is 0.185 e. The lowest BCUT2D eigenvalue weighted by molar-refractivity contribution is -0.221. The molecule has 0 amide bonds. The number of benzene rings is 1. The first-order valence-electron chi connectivity index (χ1n) is 8.48. The van der Waals surface area contributed by atoms with Crippen LogP contribution in [-0.4, -0.2) is 30.0 Å². The third kappa shape index (κ3) is 2.01. The summed E-state index contributed by atoms with van der Waals surface area (Å²) < 4.78 is 12.5. The van der Waals surface area contributed by atoms with E-state index in [0.29, 0.717) is 37.3 Å². The average Bonchev–Trinajstić information content (AvgIpc) is 3.30. The van der Waals surface area contributed by atoms with Crippen molar-refractivity contribution >= 4 is 17.5 Å². The Hall–Kier alpha value is -1.10. The van der Waals surface area contributed by atoms with E-state index in [1.807, 2.05) is 18.2 Å². The van der Waals surface area contributed by atoms with Crippen molar-refractivity contribution in [1.82, 2.24) is 0 Å². The molecule has 0 unspecified atom stereocenters. The zero-order valence-electron chi connectivity index (χ0n) is 12.9.